The Morgan fingerprint density at radius 2 is 2.11 bits per heavy atom. The fourth-order valence-corrected chi connectivity index (χ4v) is 3.14. The zero-order valence-corrected chi connectivity index (χ0v) is 15.5. The standard InChI is InChI=1S/C20H14FN3O3S/c1-11-2-4-13(21)9-16(11)23-19-15(18(26)24-20-22-6-7-28-20)8-12-3-5-14(25)10-17(12)27-19/h2-10,25H,1H3,(H,22,24,26). The van der Waals surface area contributed by atoms with Crippen LogP contribution in [0.3, 0.4) is 0 Å². The number of benzene rings is 2. The first-order valence-electron chi connectivity index (χ1n) is 8.28. The maximum Gasteiger partial charge on any atom is 0.262 e. The molecule has 0 saturated carbocycles. The van der Waals surface area contributed by atoms with Crippen LogP contribution >= 0.6 is 11.3 Å². The molecule has 2 N–H and O–H groups in total. The molecule has 0 unspecified atom stereocenters. The molecule has 0 bridgehead atoms. The number of fused-ring (bicyclic) bond motifs is 1. The summed E-state index contributed by atoms with van der Waals surface area (Å²) in [7, 11) is 0. The highest BCUT2D eigenvalue weighted by Crippen LogP contribution is 2.22. The van der Waals surface area contributed by atoms with E-state index in [4.69, 9.17) is 4.42 Å². The van der Waals surface area contributed by atoms with E-state index in [1.807, 2.05) is 0 Å². The number of hydrogen-bond acceptors (Lipinski definition) is 6. The fourth-order valence-electron chi connectivity index (χ4n) is 2.61. The van der Waals surface area contributed by atoms with Crippen LogP contribution in [0.5, 0.6) is 5.75 Å². The molecular weight excluding hydrogens is 381 g/mol. The smallest absolute Gasteiger partial charge is 0.262 e. The average molecular weight is 395 g/mol. The van der Waals surface area contributed by atoms with Crippen molar-refractivity contribution in [1.29, 1.82) is 0 Å². The number of rotatable bonds is 3. The van der Waals surface area contributed by atoms with Crippen molar-refractivity contribution in [3.63, 3.8) is 0 Å². The minimum Gasteiger partial charge on any atom is -0.508 e. The lowest BCUT2D eigenvalue weighted by molar-refractivity contribution is 0.102. The molecule has 0 aliphatic carbocycles. The molecule has 0 spiro atoms. The monoisotopic (exact) mass is 395 g/mol. The molecule has 28 heavy (non-hydrogen) atoms. The van der Waals surface area contributed by atoms with Gasteiger partial charge in [-0.2, -0.15) is 0 Å². The van der Waals surface area contributed by atoms with Crippen LogP contribution in [-0.4, -0.2) is 16.0 Å². The highest BCUT2D eigenvalue weighted by atomic mass is 32.1. The van der Waals surface area contributed by atoms with E-state index < -0.39 is 11.7 Å². The van der Waals surface area contributed by atoms with Gasteiger partial charge in [0.2, 0.25) is 5.55 Å². The first-order valence-corrected chi connectivity index (χ1v) is 9.16. The molecule has 2 aromatic heterocycles. The van der Waals surface area contributed by atoms with Crippen LogP contribution in [0.2, 0.25) is 0 Å². The number of nitrogens with zero attached hydrogens (tertiary/aromatic N) is 2. The minimum absolute atomic E-state index is 0.000793. The molecular formula is C20H14FN3O3S. The van der Waals surface area contributed by atoms with E-state index in [9.17, 15) is 14.3 Å². The van der Waals surface area contributed by atoms with Crippen LogP contribution in [0.15, 0.2) is 63.5 Å². The summed E-state index contributed by atoms with van der Waals surface area (Å²) in [5.41, 5.74) is 1.57. The number of phenols is 1. The topological polar surface area (TPSA) is 87.7 Å². The zero-order valence-electron chi connectivity index (χ0n) is 14.6. The van der Waals surface area contributed by atoms with E-state index in [1.165, 1.54) is 35.6 Å². The number of halogens is 1. The summed E-state index contributed by atoms with van der Waals surface area (Å²) >= 11 is 1.28. The van der Waals surface area contributed by atoms with Crippen molar-refractivity contribution in [3.05, 3.63) is 76.5 Å². The first-order chi connectivity index (χ1) is 13.5. The van der Waals surface area contributed by atoms with Gasteiger partial charge in [0.1, 0.15) is 22.7 Å². The summed E-state index contributed by atoms with van der Waals surface area (Å²) < 4.78 is 19.4. The summed E-state index contributed by atoms with van der Waals surface area (Å²) in [5, 5.41) is 15.2. The average Bonchev–Trinajstić information content (AvgIpc) is 3.17. The molecule has 0 fully saturated rings. The number of phenolic OH excluding ortho intramolecular Hbond substituents is 1. The number of hydrogen-bond donors (Lipinski definition) is 2. The second kappa shape index (κ2) is 7.24. The van der Waals surface area contributed by atoms with Crippen molar-refractivity contribution in [1.82, 2.24) is 4.98 Å². The second-order valence-electron chi connectivity index (χ2n) is 6.02. The van der Waals surface area contributed by atoms with Crippen LogP contribution in [0, 0.1) is 12.7 Å². The summed E-state index contributed by atoms with van der Waals surface area (Å²) in [4.78, 5) is 21.2. The Balaban J connectivity index is 1.92. The first kappa shape index (κ1) is 17.9. The number of anilines is 1. The molecule has 0 radical (unpaired) electrons. The molecule has 4 aromatic rings. The van der Waals surface area contributed by atoms with Gasteiger partial charge >= 0.3 is 0 Å². The Hall–Kier alpha value is -3.52. The van der Waals surface area contributed by atoms with Crippen LogP contribution < -0.4 is 10.9 Å². The Bertz CT molecular complexity index is 1250. The molecule has 4 rings (SSSR count). The van der Waals surface area contributed by atoms with Gasteiger partial charge in [0.15, 0.2) is 5.13 Å². The van der Waals surface area contributed by atoms with Crippen LogP contribution in [-0.2, 0) is 0 Å². The predicted molar refractivity (Wildman–Crippen MR) is 104 cm³/mol. The molecule has 2 aromatic carbocycles. The maximum absolute atomic E-state index is 13.7. The Labute approximate surface area is 162 Å². The highest BCUT2D eigenvalue weighted by molar-refractivity contribution is 7.13. The van der Waals surface area contributed by atoms with E-state index in [0.717, 1.165) is 5.56 Å². The van der Waals surface area contributed by atoms with Gasteiger partial charge in [-0.15, -0.1) is 11.3 Å². The number of aryl methyl sites for hydroxylation is 1. The van der Waals surface area contributed by atoms with E-state index >= 15 is 0 Å². The zero-order chi connectivity index (χ0) is 19.7. The Morgan fingerprint density at radius 3 is 2.89 bits per heavy atom. The van der Waals surface area contributed by atoms with Gasteiger partial charge in [0.25, 0.3) is 5.91 Å². The molecule has 1 amide bonds. The molecule has 0 aliphatic heterocycles. The summed E-state index contributed by atoms with van der Waals surface area (Å²) in [6.45, 7) is 1.78. The number of amides is 1. The number of aromatic nitrogens is 1. The lowest BCUT2D eigenvalue weighted by atomic mass is 10.1. The van der Waals surface area contributed by atoms with Crippen molar-refractivity contribution in [2.45, 2.75) is 6.92 Å². The fraction of sp³-hybridized carbons (Fsp3) is 0.0500. The van der Waals surface area contributed by atoms with Gasteiger partial charge in [-0.05, 0) is 42.8 Å². The van der Waals surface area contributed by atoms with Crippen LogP contribution in [0.4, 0.5) is 15.2 Å². The van der Waals surface area contributed by atoms with Gasteiger partial charge in [0, 0.05) is 23.0 Å². The third kappa shape index (κ3) is 3.63. The molecule has 8 heteroatoms. The number of carbonyl (C=O) groups excluding carboxylic acids is 1. The summed E-state index contributed by atoms with van der Waals surface area (Å²) in [6.07, 6.45) is 1.58. The summed E-state index contributed by atoms with van der Waals surface area (Å²) in [5.74, 6) is -0.887. The van der Waals surface area contributed by atoms with Gasteiger partial charge in [-0.1, -0.05) is 6.07 Å². The predicted octanol–water partition coefficient (Wildman–Crippen LogP) is 4.53. The SMILES string of the molecule is Cc1ccc(F)cc1N=c1oc2cc(O)ccc2cc1C(=O)Nc1nccs1. The molecule has 140 valence electrons. The van der Waals surface area contributed by atoms with Crippen molar-refractivity contribution in [2.24, 2.45) is 4.99 Å². The number of aromatic hydroxyl groups is 1. The quantitative estimate of drug-likeness (QED) is 0.534. The van der Waals surface area contributed by atoms with Gasteiger partial charge in [0.05, 0.1) is 5.69 Å². The highest BCUT2D eigenvalue weighted by Gasteiger charge is 2.15. The summed E-state index contributed by atoms with van der Waals surface area (Å²) in [6, 6.07) is 10.3. The third-order valence-electron chi connectivity index (χ3n) is 4.02. The lowest BCUT2D eigenvalue weighted by Gasteiger charge is -2.06. The minimum atomic E-state index is -0.457. The van der Waals surface area contributed by atoms with E-state index in [1.54, 1.807) is 36.7 Å². The molecule has 0 saturated heterocycles. The van der Waals surface area contributed by atoms with E-state index in [2.05, 4.69) is 15.3 Å². The van der Waals surface area contributed by atoms with Crippen molar-refractivity contribution in [2.75, 3.05) is 5.32 Å². The van der Waals surface area contributed by atoms with Crippen molar-refractivity contribution < 1.29 is 18.7 Å². The molecule has 6 nitrogen and oxygen atoms in total. The van der Waals surface area contributed by atoms with Gasteiger partial charge in [-0.25, -0.2) is 14.4 Å². The number of thiazole rings is 1. The molecule has 0 aliphatic rings. The lowest BCUT2D eigenvalue weighted by Crippen LogP contribution is -2.21. The number of carbonyl (C=O) groups is 1. The number of nitrogens with one attached hydrogen (secondary N) is 1. The third-order valence-corrected chi connectivity index (χ3v) is 4.71. The molecule has 2 heterocycles. The van der Waals surface area contributed by atoms with Gasteiger partial charge < -0.3 is 9.52 Å². The van der Waals surface area contributed by atoms with Crippen molar-refractivity contribution >= 4 is 39.0 Å². The van der Waals surface area contributed by atoms with E-state index in [0.29, 0.717) is 21.8 Å². The Morgan fingerprint density at radius 1 is 1.25 bits per heavy atom. The van der Waals surface area contributed by atoms with Gasteiger partial charge in [-0.3, -0.25) is 10.1 Å². The second-order valence-corrected chi connectivity index (χ2v) is 6.92. The van der Waals surface area contributed by atoms with Crippen molar-refractivity contribution in [3.8, 4) is 5.75 Å². The molecule has 0 atom stereocenters. The Kier molecular flexibility index (Phi) is 4.62. The normalized spacial score (nSPS) is 11.7. The van der Waals surface area contributed by atoms with Crippen LogP contribution in [0.1, 0.15) is 15.9 Å². The largest absolute Gasteiger partial charge is 0.508 e. The van der Waals surface area contributed by atoms with E-state index in [-0.39, 0.29) is 16.9 Å². The van der Waals surface area contributed by atoms with Crippen LogP contribution in [0.25, 0.3) is 11.0 Å². The maximum atomic E-state index is 13.7.